The van der Waals surface area contributed by atoms with E-state index in [-0.39, 0.29) is 5.41 Å². The molecule has 6 heterocycles. The Kier molecular flexibility index (Phi) is 17.0. The molecule has 0 aliphatic heterocycles. The first-order chi connectivity index (χ1) is 60.1. The second kappa shape index (κ2) is 28.9. The van der Waals surface area contributed by atoms with Crippen LogP contribution < -0.4 is 0 Å². The van der Waals surface area contributed by atoms with E-state index in [0.29, 0.717) is 0 Å². The maximum absolute atomic E-state index is 5.31. The molecule has 0 atom stereocenters. The summed E-state index contributed by atoms with van der Waals surface area (Å²) in [7, 11) is 0. The molecule has 25 aromatic rings. The molecule has 574 valence electrons. The molecule has 19 aromatic carbocycles. The Hall–Kier alpha value is -15.6. The predicted octanol–water partition coefficient (Wildman–Crippen LogP) is 31.2. The molecule has 0 bridgehead atoms. The Bertz CT molecular complexity index is 8480. The zero-order valence-corrected chi connectivity index (χ0v) is 67.9. The van der Waals surface area contributed by atoms with Crippen LogP contribution in [0.15, 0.2) is 413 Å². The van der Waals surface area contributed by atoms with E-state index in [2.05, 4.69) is 454 Å². The van der Waals surface area contributed by atoms with Crippen molar-refractivity contribution in [3.63, 3.8) is 0 Å². The van der Waals surface area contributed by atoms with Gasteiger partial charge in [0, 0.05) is 98.4 Å². The van der Waals surface area contributed by atoms with Crippen molar-refractivity contribution >= 4 is 163 Å². The minimum absolute atomic E-state index is 0.0918. The molecule has 0 radical (unpaired) electrons. The summed E-state index contributed by atoms with van der Waals surface area (Å²) in [6.07, 6.45) is 0. The van der Waals surface area contributed by atoms with E-state index < -0.39 is 0 Å². The summed E-state index contributed by atoms with van der Waals surface area (Å²) in [5.41, 5.74) is 25.3. The van der Waals surface area contributed by atoms with Crippen molar-refractivity contribution in [2.24, 2.45) is 0 Å². The normalized spacial score (nSPS) is 11.9. The van der Waals surface area contributed by atoms with Gasteiger partial charge in [-0.1, -0.05) is 311 Å². The number of aromatic nitrogens is 6. The van der Waals surface area contributed by atoms with Gasteiger partial charge in [0.15, 0.2) is 0 Å². The summed E-state index contributed by atoms with van der Waals surface area (Å²) in [6.45, 7) is 8.99. The molecular weight excluding hydrogens is 1480 g/mol. The first kappa shape index (κ1) is 71.7. The van der Waals surface area contributed by atoms with Crippen LogP contribution in [0, 0.1) is 6.92 Å². The lowest BCUT2D eigenvalue weighted by molar-refractivity contribution is 0.591. The van der Waals surface area contributed by atoms with Gasteiger partial charge < -0.3 is 13.7 Å². The Labute approximate surface area is 705 Å². The van der Waals surface area contributed by atoms with Gasteiger partial charge >= 0.3 is 0 Å². The molecule has 0 spiro atoms. The quantitative estimate of drug-likeness (QED) is 0.149. The fourth-order valence-electron chi connectivity index (χ4n) is 19.3. The second-order valence-electron chi connectivity index (χ2n) is 33.4. The topological polar surface area (TPSA) is 53.5 Å². The Morgan fingerprint density at radius 2 is 0.451 bits per heavy atom. The zero-order valence-electron chi connectivity index (χ0n) is 67.9. The third-order valence-electron chi connectivity index (χ3n) is 25.1. The fourth-order valence-corrected chi connectivity index (χ4v) is 19.3. The molecule has 25 rings (SSSR count). The first-order valence-electron chi connectivity index (χ1n) is 42.1. The monoisotopic (exact) mass is 1560 g/mol. The van der Waals surface area contributed by atoms with Crippen LogP contribution in [0.5, 0.6) is 0 Å². The van der Waals surface area contributed by atoms with Crippen molar-refractivity contribution in [2.45, 2.75) is 33.1 Å². The van der Waals surface area contributed by atoms with Crippen LogP contribution in [0.4, 0.5) is 0 Å². The molecule has 0 saturated carbocycles. The summed E-state index contributed by atoms with van der Waals surface area (Å²) in [6, 6.07) is 149. The van der Waals surface area contributed by atoms with E-state index >= 15 is 0 Å². The number of pyridine rings is 3. The molecule has 0 unspecified atom stereocenters. The molecule has 122 heavy (non-hydrogen) atoms. The summed E-state index contributed by atoms with van der Waals surface area (Å²) in [5.74, 6) is 0. The number of rotatable bonds is 7. The highest BCUT2D eigenvalue weighted by Crippen LogP contribution is 2.44. The third-order valence-corrected chi connectivity index (χ3v) is 25.1. The third kappa shape index (κ3) is 12.0. The van der Waals surface area contributed by atoms with E-state index in [1.54, 1.807) is 0 Å². The van der Waals surface area contributed by atoms with Gasteiger partial charge in [-0.15, -0.1) is 0 Å². The van der Waals surface area contributed by atoms with Crippen LogP contribution in [0.25, 0.3) is 225 Å². The molecule has 0 N–H and O–H groups in total. The van der Waals surface area contributed by atoms with Gasteiger partial charge in [-0.25, -0.2) is 15.0 Å². The smallest absolute Gasteiger partial charge is 0.0794 e. The molecular formula is C116H80N6. The van der Waals surface area contributed by atoms with Crippen molar-refractivity contribution in [1.82, 2.24) is 28.7 Å². The van der Waals surface area contributed by atoms with E-state index in [9.17, 15) is 0 Å². The predicted molar refractivity (Wildman–Crippen MR) is 518 cm³/mol. The van der Waals surface area contributed by atoms with Crippen molar-refractivity contribution < 1.29 is 0 Å². The van der Waals surface area contributed by atoms with Gasteiger partial charge in [0.05, 0.1) is 66.7 Å². The molecule has 6 nitrogen and oxygen atoms in total. The number of fused-ring (bicyclic) bond motifs is 27. The minimum atomic E-state index is 0.0918. The Morgan fingerprint density at radius 1 is 0.180 bits per heavy atom. The molecule has 0 saturated heterocycles. The number of benzene rings is 19. The number of para-hydroxylation sites is 3. The van der Waals surface area contributed by atoms with Crippen LogP contribution in [0.2, 0.25) is 0 Å². The van der Waals surface area contributed by atoms with E-state index in [1.807, 2.05) is 0 Å². The SMILES string of the molecule is CC(C)(C)c1ccc2c(c1)c1ccccc1n2-c1cccc(-c2ccc3c4ccccc4c4ccccc4c3n2)c1.Cc1ccc2c(c1)c1ccccc1n2-c1cccc(-c2ccc3c4ccccc4c4ccccc4c3n2)c1.c1ccc(-c2ccc3c(c2)c2ccccc2n3-c2cccc(-c3ccc4c5ccccc5c5ccccc5c4n3)c2)cc1. The highest BCUT2D eigenvalue weighted by molar-refractivity contribution is 6.27. The number of aryl methyl sites for hydroxylation is 1. The molecule has 0 fully saturated rings. The molecule has 0 aliphatic rings. The maximum Gasteiger partial charge on any atom is 0.0794 e. The largest absolute Gasteiger partial charge is 0.309 e. The van der Waals surface area contributed by atoms with E-state index in [1.165, 1.54) is 168 Å². The van der Waals surface area contributed by atoms with E-state index in [4.69, 9.17) is 15.0 Å². The van der Waals surface area contributed by atoms with Crippen LogP contribution in [-0.4, -0.2) is 28.7 Å². The molecule has 6 aromatic heterocycles. The Balaban J connectivity index is 0.000000106. The van der Waals surface area contributed by atoms with Crippen molar-refractivity contribution in [2.75, 3.05) is 0 Å². The lowest BCUT2D eigenvalue weighted by Gasteiger charge is -2.19. The van der Waals surface area contributed by atoms with Gasteiger partial charge in [0.2, 0.25) is 0 Å². The van der Waals surface area contributed by atoms with Gasteiger partial charge in [0.1, 0.15) is 0 Å². The van der Waals surface area contributed by atoms with Crippen LogP contribution >= 0.6 is 0 Å². The summed E-state index contributed by atoms with van der Waals surface area (Å²) in [5, 5.41) is 26.0. The standard InChI is InChI=1S/C41H26N2.C39H30N2.C36H24N2/c1-2-11-27(12-3-1)28-21-24-40-37(26-28)34-18-8-9-20-39(34)43(40)30-14-10-13-29(25-30)38-23-22-36-33-17-5-4-15-31(33)32-16-6-7-19-35(32)41(36)42-38;1-39(2,3)26-19-22-37-34(24-26)31-16-8-9-18-36(31)41(37)27-12-10-11-25(23-27)35-21-20-33-30-15-5-4-13-28(30)29-14-6-7-17-32(29)38(33)40-35;1-23-17-20-35-32(21-23)29-14-6-7-16-34(29)38(35)25-10-8-9-24(22-25)33-19-18-31-28-13-3-2-11-26(28)27-12-4-5-15-30(27)36(31)37-33/h1-26H;4-24H,1-3H3;2-22H,1H3. The van der Waals surface area contributed by atoms with Crippen LogP contribution in [0.3, 0.4) is 0 Å². The highest BCUT2D eigenvalue weighted by atomic mass is 15.0. The average Bonchev–Trinajstić information content (AvgIpc) is 1.57. The Morgan fingerprint density at radius 3 is 0.811 bits per heavy atom. The highest BCUT2D eigenvalue weighted by Gasteiger charge is 2.23. The van der Waals surface area contributed by atoms with Gasteiger partial charge in [-0.2, -0.15) is 0 Å². The van der Waals surface area contributed by atoms with Crippen LogP contribution in [-0.2, 0) is 5.41 Å². The number of hydrogen-bond acceptors (Lipinski definition) is 3. The van der Waals surface area contributed by atoms with Crippen molar-refractivity contribution in [1.29, 1.82) is 0 Å². The summed E-state index contributed by atoms with van der Waals surface area (Å²) < 4.78 is 7.15. The minimum Gasteiger partial charge on any atom is -0.309 e. The van der Waals surface area contributed by atoms with E-state index in [0.717, 1.165) is 67.4 Å². The van der Waals surface area contributed by atoms with Crippen molar-refractivity contribution in [3.8, 4) is 62.0 Å². The van der Waals surface area contributed by atoms with Gasteiger partial charge in [-0.3, -0.25) is 0 Å². The second-order valence-corrected chi connectivity index (χ2v) is 33.4. The fraction of sp³-hybridized carbons (Fsp3) is 0.0431. The maximum atomic E-state index is 5.31. The molecule has 0 aliphatic carbocycles. The molecule has 0 amide bonds. The first-order valence-corrected chi connectivity index (χ1v) is 42.1. The summed E-state index contributed by atoms with van der Waals surface area (Å²) in [4.78, 5) is 15.9. The molecule has 6 heteroatoms. The number of hydrogen-bond donors (Lipinski definition) is 0. The summed E-state index contributed by atoms with van der Waals surface area (Å²) >= 11 is 0. The lowest BCUT2D eigenvalue weighted by atomic mass is 9.86. The zero-order chi connectivity index (χ0) is 81.3. The number of nitrogens with zero attached hydrogens (tertiary/aromatic N) is 6. The van der Waals surface area contributed by atoms with Crippen molar-refractivity contribution in [3.05, 3.63) is 424 Å². The van der Waals surface area contributed by atoms with Gasteiger partial charge in [-0.05, 0) is 205 Å². The van der Waals surface area contributed by atoms with Crippen LogP contribution in [0.1, 0.15) is 31.9 Å². The van der Waals surface area contributed by atoms with Gasteiger partial charge in [0.25, 0.3) is 0 Å². The lowest BCUT2D eigenvalue weighted by Crippen LogP contribution is -2.10. The average molecular weight is 1560 g/mol.